The molecule has 0 bridgehead atoms. The quantitative estimate of drug-likeness (QED) is 0.303. The molecule has 1 rings (SSSR count). The minimum atomic E-state index is -1.18. The Balaban J connectivity index is 2.51. The Hall–Kier alpha value is -2.50. The van der Waals surface area contributed by atoms with Crippen molar-refractivity contribution in [3.8, 4) is 11.5 Å². The molecule has 0 unspecified atom stereocenters. The molecule has 0 aliphatic rings. The summed E-state index contributed by atoms with van der Waals surface area (Å²) in [6.45, 7) is 5.72. The zero-order chi connectivity index (χ0) is 18.9. The normalized spacial score (nSPS) is 11.2. The fourth-order valence-corrected chi connectivity index (χ4v) is 2.09. The van der Waals surface area contributed by atoms with E-state index in [0.29, 0.717) is 18.0 Å². The molecule has 0 fully saturated rings. The first-order valence-electron chi connectivity index (χ1n) is 8.19. The Labute approximate surface area is 149 Å². The van der Waals surface area contributed by atoms with Gasteiger partial charge in [0.2, 0.25) is 0 Å². The second-order valence-corrected chi connectivity index (χ2v) is 5.94. The summed E-state index contributed by atoms with van der Waals surface area (Å²) in [5.74, 6) is 0.548. The highest BCUT2D eigenvalue weighted by atomic mass is 16.5. The summed E-state index contributed by atoms with van der Waals surface area (Å²) >= 11 is 0. The van der Waals surface area contributed by atoms with E-state index in [2.05, 4.69) is 5.32 Å². The van der Waals surface area contributed by atoms with E-state index in [1.807, 2.05) is 18.2 Å². The number of hydrogen-bond donors (Lipinski definition) is 1. The number of esters is 1. The molecular formula is C19H27NO5. The van der Waals surface area contributed by atoms with E-state index >= 15 is 0 Å². The van der Waals surface area contributed by atoms with Crippen LogP contribution in [0.1, 0.15) is 26.3 Å². The predicted octanol–water partition coefficient (Wildman–Crippen LogP) is 2.51. The number of carbonyl (C=O) groups excluding carboxylic acids is 2. The van der Waals surface area contributed by atoms with E-state index in [1.165, 1.54) is 6.08 Å². The van der Waals surface area contributed by atoms with Crippen LogP contribution in [0.25, 0.3) is 0 Å². The van der Waals surface area contributed by atoms with Gasteiger partial charge in [0.05, 0.1) is 20.8 Å². The van der Waals surface area contributed by atoms with Gasteiger partial charge in [-0.15, -0.1) is 0 Å². The molecule has 0 saturated heterocycles. The smallest absolute Gasteiger partial charge is 0.319 e. The monoisotopic (exact) mass is 349 g/mol. The lowest BCUT2D eigenvalue weighted by Crippen LogP contribution is -2.34. The maximum absolute atomic E-state index is 12.1. The first kappa shape index (κ1) is 20.5. The number of allylic oxidation sites excluding steroid dienone is 1. The molecule has 1 N–H and O–H groups in total. The van der Waals surface area contributed by atoms with Gasteiger partial charge in [-0.05, 0) is 57.2 Å². The van der Waals surface area contributed by atoms with E-state index in [4.69, 9.17) is 14.2 Å². The summed E-state index contributed by atoms with van der Waals surface area (Å²) in [4.78, 5) is 23.9. The van der Waals surface area contributed by atoms with Gasteiger partial charge in [0.25, 0.3) is 0 Å². The van der Waals surface area contributed by atoms with Crippen LogP contribution in [0.5, 0.6) is 11.5 Å². The molecule has 25 heavy (non-hydrogen) atoms. The molecular weight excluding hydrogens is 322 g/mol. The highest BCUT2D eigenvalue weighted by molar-refractivity contribution is 6.08. The maximum atomic E-state index is 12.1. The Morgan fingerprint density at radius 1 is 1.16 bits per heavy atom. The second kappa shape index (κ2) is 9.71. The molecule has 0 saturated carbocycles. The first-order valence-corrected chi connectivity index (χ1v) is 8.19. The van der Waals surface area contributed by atoms with E-state index in [0.717, 1.165) is 12.0 Å². The number of hydrogen-bond acceptors (Lipinski definition) is 6. The molecule has 0 radical (unpaired) electrons. The van der Waals surface area contributed by atoms with Crippen molar-refractivity contribution in [1.29, 1.82) is 0 Å². The van der Waals surface area contributed by atoms with Gasteiger partial charge in [0, 0.05) is 6.54 Å². The Morgan fingerprint density at radius 2 is 1.84 bits per heavy atom. The minimum Gasteiger partial charge on any atom is -0.493 e. The van der Waals surface area contributed by atoms with Gasteiger partial charge in [0.15, 0.2) is 17.3 Å². The van der Waals surface area contributed by atoms with Crippen LogP contribution in [0, 0.1) is 5.41 Å². The van der Waals surface area contributed by atoms with Gasteiger partial charge in [-0.2, -0.15) is 0 Å². The van der Waals surface area contributed by atoms with Gasteiger partial charge >= 0.3 is 5.97 Å². The molecule has 0 heterocycles. The van der Waals surface area contributed by atoms with Crippen LogP contribution in [-0.4, -0.2) is 39.1 Å². The van der Waals surface area contributed by atoms with Crippen LogP contribution < -0.4 is 14.8 Å². The fourth-order valence-electron chi connectivity index (χ4n) is 2.09. The fraction of sp³-hybridized carbons (Fsp3) is 0.474. The van der Waals surface area contributed by atoms with Crippen LogP contribution in [-0.2, 0) is 20.7 Å². The van der Waals surface area contributed by atoms with Crippen molar-refractivity contribution in [2.45, 2.75) is 27.2 Å². The average molecular weight is 349 g/mol. The van der Waals surface area contributed by atoms with Crippen LogP contribution in [0.4, 0.5) is 0 Å². The topological polar surface area (TPSA) is 73.9 Å². The lowest BCUT2D eigenvalue weighted by molar-refractivity contribution is -0.156. The average Bonchev–Trinajstić information content (AvgIpc) is 2.61. The molecule has 138 valence electrons. The maximum Gasteiger partial charge on any atom is 0.319 e. The highest BCUT2D eigenvalue weighted by Gasteiger charge is 2.35. The van der Waals surface area contributed by atoms with E-state index in [-0.39, 0.29) is 12.4 Å². The number of nitrogens with one attached hydrogen (secondary N) is 1. The lowest BCUT2D eigenvalue weighted by Gasteiger charge is -2.18. The van der Waals surface area contributed by atoms with Crippen LogP contribution >= 0.6 is 0 Å². The molecule has 1 aromatic rings. The molecule has 6 nitrogen and oxygen atoms in total. The zero-order valence-corrected chi connectivity index (χ0v) is 15.5. The molecule has 0 aliphatic heterocycles. The van der Waals surface area contributed by atoms with E-state index < -0.39 is 11.4 Å². The number of rotatable bonds is 10. The van der Waals surface area contributed by atoms with Crippen molar-refractivity contribution in [2.75, 3.05) is 27.4 Å². The van der Waals surface area contributed by atoms with Crippen molar-refractivity contribution >= 4 is 11.8 Å². The zero-order valence-electron chi connectivity index (χ0n) is 15.5. The highest BCUT2D eigenvalue weighted by Crippen LogP contribution is 2.27. The van der Waals surface area contributed by atoms with Gasteiger partial charge in [-0.1, -0.05) is 6.07 Å². The number of ketones is 1. The van der Waals surface area contributed by atoms with Crippen LogP contribution in [0.15, 0.2) is 30.5 Å². The molecule has 6 heteroatoms. The summed E-state index contributed by atoms with van der Waals surface area (Å²) in [5, 5.41) is 3.05. The summed E-state index contributed by atoms with van der Waals surface area (Å²) in [5.41, 5.74) is -0.103. The molecule has 0 aromatic heterocycles. The standard InChI is InChI=1S/C19H27NO5/c1-6-25-18(22)19(2,3)17(21)10-12-20-11-9-14-7-8-15(23-4)16(13-14)24-5/h7-8,10,12-13,20H,6,9,11H2,1-5H3/b12-10-. The van der Waals surface area contributed by atoms with Gasteiger partial charge in [-0.3, -0.25) is 9.59 Å². The number of ether oxygens (including phenoxy) is 3. The minimum absolute atomic E-state index is 0.253. The summed E-state index contributed by atoms with van der Waals surface area (Å²) in [6, 6.07) is 5.73. The number of methoxy groups -OCH3 is 2. The third-order valence-corrected chi connectivity index (χ3v) is 3.76. The van der Waals surface area contributed by atoms with Crippen molar-refractivity contribution in [2.24, 2.45) is 5.41 Å². The van der Waals surface area contributed by atoms with Crippen molar-refractivity contribution in [1.82, 2.24) is 5.32 Å². The van der Waals surface area contributed by atoms with Gasteiger partial charge < -0.3 is 19.5 Å². The Bertz CT molecular complexity index is 622. The second-order valence-electron chi connectivity index (χ2n) is 5.94. The summed E-state index contributed by atoms with van der Waals surface area (Å²) in [7, 11) is 3.19. The molecule has 0 atom stereocenters. The SMILES string of the molecule is CCOC(=O)C(C)(C)C(=O)/C=C\NCCc1ccc(OC)c(OC)c1. The van der Waals surface area contributed by atoms with Crippen LogP contribution in [0.2, 0.25) is 0 Å². The Kier molecular flexibility index (Phi) is 7.98. The summed E-state index contributed by atoms with van der Waals surface area (Å²) < 4.78 is 15.4. The van der Waals surface area contributed by atoms with Crippen LogP contribution in [0.3, 0.4) is 0 Å². The van der Waals surface area contributed by atoms with E-state index in [9.17, 15) is 9.59 Å². The van der Waals surface area contributed by atoms with Gasteiger partial charge in [0.1, 0.15) is 5.41 Å². The van der Waals surface area contributed by atoms with Gasteiger partial charge in [-0.25, -0.2) is 0 Å². The number of carbonyl (C=O) groups is 2. The summed E-state index contributed by atoms with van der Waals surface area (Å²) in [6.07, 6.45) is 3.68. The Morgan fingerprint density at radius 3 is 2.44 bits per heavy atom. The number of benzene rings is 1. The van der Waals surface area contributed by atoms with Crippen molar-refractivity contribution < 1.29 is 23.8 Å². The largest absolute Gasteiger partial charge is 0.493 e. The lowest BCUT2D eigenvalue weighted by atomic mass is 9.88. The molecule has 1 aromatic carbocycles. The third kappa shape index (κ3) is 5.81. The third-order valence-electron chi connectivity index (χ3n) is 3.76. The van der Waals surface area contributed by atoms with Crippen molar-refractivity contribution in [3.05, 3.63) is 36.0 Å². The predicted molar refractivity (Wildman–Crippen MR) is 95.8 cm³/mol. The molecule has 0 aliphatic carbocycles. The molecule has 0 spiro atoms. The first-order chi connectivity index (χ1) is 11.9. The molecule has 0 amide bonds. The van der Waals surface area contributed by atoms with Crippen molar-refractivity contribution in [3.63, 3.8) is 0 Å². The van der Waals surface area contributed by atoms with E-state index in [1.54, 1.807) is 41.2 Å².